The number of carboxylic acids is 1. The average molecular weight is 331 g/mol. The van der Waals surface area contributed by atoms with Crippen LogP contribution in [0.3, 0.4) is 0 Å². The molecule has 2 rings (SSSR count). The van der Waals surface area contributed by atoms with E-state index in [1.54, 1.807) is 6.07 Å². The third-order valence-corrected chi connectivity index (χ3v) is 4.26. The molecule has 2 aromatic rings. The zero-order chi connectivity index (χ0) is 15.6. The van der Waals surface area contributed by atoms with Gasteiger partial charge in [-0.15, -0.1) is 0 Å². The quantitative estimate of drug-likeness (QED) is 0.812. The fraction of sp³-hybridized carbons (Fsp3) is 0.429. The van der Waals surface area contributed by atoms with Crippen molar-refractivity contribution in [3.8, 4) is 0 Å². The normalized spacial score (nSPS) is 11.5. The lowest BCUT2D eigenvalue weighted by molar-refractivity contribution is -0.133. The SMILES string of the molecule is CC(C)CCn1c(SCC(=O)O)nc2cc(F)c(Cl)cc21. The molecule has 0 aliphatic rings. The predicted octanol–water partition coefficient (Wildman–Crippen LogP) is 4.05. The number of benzene rings is 1. The van der Waals surface area contributed by atoms with Crippen LogP contribution in [0.4, 0.5) is 4.39 Å². The van der Waals surface area contributed by atoms with Gasteiger partial charge in [-0.2, -0.15) is 0 Å². The van der Waals surface area contributed by atoms with Gasteiger partial charge in [-0.25, -0.2) is 9.37 Å². The molecule has 0 spiro atoms. The summed E-state index contributed by atoms with van der Waals surface area (Å²) < 4.78 is 15.4. The number of fused-ring (bicyclic) bond motifs is 1. The molecule has 0 amide bonds. The molecule has 114 valence electrons. The highest BCUT2D eigenvalue weighted by Gasteiger charge is 2.15. The lowest BCUT2D eigenvalue weighted by atomic mass is 10.1. The first kappa shape index (κ1) is 16.1. The molecule has 7 heteroatoms. The van der Waals surface area contributed by atoms with E-state index in [-0.39, 0.29) is 10.8 Å². The Hall–Kier alpha value is -1.27. The monoisotopic (exact) mass is 330 g/mol. The summed E-state index contributed by atoms with van der Waals surface area (Å²) in [5, 5.41) is 9.43. The van der Waals surface area contributed by atoms with Gasteiger partial charge in [0.25, 0.3) is 0 Å². The molecule has 1 heterocycles. The number of carbonyl (C=O) groups is 1. The van der Waals surface area contributed by atoms with E-state index in [1.165, 1.54) is 6.07 Å². The first-order valence-electron chi connectivity index (χ1n) is 6.58. The highest BCUT2D eigenvalue weighted by molar-refractivity contribution is 7.99. The number of carboxylic acid groups (broad SMARTS) is 1. The molecule has 0 atom stereocenters. The molecular weight excluding hydrogens is 315 g/mol. The molecule has 0 saturated carbocycles. The molecule has 0 fully saturated rings. The van der Waals surface area contributed by atoms with Gasteiger partial charge in [0.05, 0.1) is 21.8 Å². The molecule has 21 heavy (non-hydrogen) atoms. The third-order valence-electron chi connectivity index (χ3n) is 3.01. The van der Waals surface area contributed by atoms with E-state index in [2.05, 4.69) is 18.8 Å². The van der Waals surface area contributed by atoms with Gasteiger partial charge in [-0.3, -0.25) is 4.79 Å². The van der Waals surface area contributed by atoms with Crippen LogP contribution in [0.25, 0.3) is 11.0 Å². The number of rotatable bonds is 6. The van der Waals surface area contributed by atoms with Crippen molar-refractivity contribution < 1.29 is 14.3 Å². The number of aryl methyl sites for hydroxylation is 1. The standard InChI is InChI=1S/C14H16ClFN2O2S/c1-8(2)3-4-18-12-5-9(15)10(16)6-11(12)17-14(18)21-7-13(19)20/h5-6,8H,3-4,7H2,1-2H3,(H,19,20). The minimum absolute atomic E-state index is 0.0444. The van der Waals surface area contributed by atoms with E-state index in [1.807, 2.05) is 4.57 Å². The van der Waals surface area contributed by atoms with E-state index in [0.29, 0.717) is 23.1 Å². The molecule has 4 nitrogen and oxygen atoms in total. The Morgan fingerprint density at radius 2 is 2.24 bits per heavy atom. The van der Waals surface area contributed by atoms with Crippen LogP contribution >= 0.6 is 23.4 Å². The van der Waals surface area contributed by atoms with E-state index < -0.39 is 11.8 Å². The van der Waals surface area contributed by atoms with Crippen LogP contribution in [0.2, 0.25) is 5.02 Å². The molecule has 0 saturated heterocycles. The summed E-state index contributed by atoms with van der Waals surface area (Å²) in [6.45, 7) is 4.91. The Bertz CT molecular complexity index is 673. The van der Waals surface area contributed by atoms with Crippen LogP contribution in [0.1, 0.15) is 20.3 Å². The van der Waals surface area contributed by atoms with E-state index in [9.17, 15) is 9.18 Å². The van der Waals surface area contributed by atoms with Gasteiger partial charge < -0.3 is 9.67 Å². The fourth-order valence-electron chi connectivity index (χ4n) is 1.94. The largest absolute Gasteiger partial charge is 0.481 e. The maximum absolute atomic E-state index is 13.5. The lowest BCUT2D eigenvalue weighted by Crippen LogP contribution is -2.05. The van der Waals surface area contributed by atoms with Crippen LogP contribution < -0.4 is 0 Å². The highest BCUT2D eigenvalue weighted by atomic mass is 35.5. The van der Waals surface area contributed by atoms with E-state index in [4.69, 9.17) is 16.7 Å². The zero-order valence-electron chi connectivity index (χ0n) is 11.8. The average Bonchev–Trinajstić information content (AvgIpc) is 2.71. The van der Waals surface area contributed by atoms with E-state index >= 15 is 0 Å². The Morgan fingerprint density at radius 1 is 1.52 bits per heavy atom. The Balaban J connectivity index is 2.43. The van der Waals surface area contributed by atoms with Crippen LogP contribution in [0.15, 0.2) is 17.3 Å². The van der Waals surface area contributed by atoms with Crippen LogP contribution in [0, 0.1) is 11.7 Å². The van der Waals surface area contributed by atoms with Crippen LogP contribution in [-0.2, 0) is 11.3 Å². The zero-order valence-corrected chi connectivity index (χ0v) is 13.3. The summed E-state index contributed by atoms with van der Waals surface area (Å²) in [4.78, 5) is 15.1. The number of imidazole rings is 1. The summed E-state index contributed by atoms with van der Waals surface area (Å²) in [5.74, 6) is -1.02. The molecule has 0 aliphatic carbocycles. The minimum atomic E-state index is -0.910. The molecule has 0 unspecified atom stereocenters. The molecule has 0 aliphatic heterocycles. The van der Waals surface area contributed by atoms with Gasteiger partial charge in [0.1, 0.15) is 5.82 Å². The van der Waals surface area contributed by atoms with Crippen molar-refractivity contribution >= 4 is 40.4 Å². The van der Waals surface area contributed by atoms with Crippen molar-refractivity contribution in [2.24, 2.45) is 5.92 Å². The number of aromatic nitrogens is 2. The number of thioether (sulfide) groups is 1. The number of nitrogens with zero attached hydrogens (tertiary/aromatic N) is 2. The van der Waals surface area contributed by atoms with Gasteiger partial charge >= 0.3 is 5.97 Å². The van der Waals surface area contributed by atoms with Gasteiger partial charge in [0, 0.05) is 12.6 Å². The smallest absolute Gasteiger partial charge is 0.313 e. The summed E-state index contributed by atoms with van der Waals surface area (Å²) in [6, 6.07) is 2.83. The van der Waals surface area contributed by atoms with Crippen molar-refractivity contribution in [1.82, 2.24) is 9.55 Å². The maximum Gasteiger partial charge on any atom is 0.313 e. The molecule has 0 bridgehead atoms. The van der Waals surface area contributed by atoms with Gasteiger partial charge in [0.15, 0.2) is 5.16 Å². The number of halogens is 2. The van der Waals surface area contributed by atoms with Gasteiger partial charge in [-0.05, 0) is 18.4 Å². The van der Waals surface area contributed by atoms with Crippen molar-refractivity contribution in [2.45, 2.75) is 32.0 Å². The molecule has 1 aromatic heterocycles. The summed E-state index contributed by atoms with van der Waals surface area (Å²) in [5.41, 5.74) is 1.23. The van der Waals surface area contributed by atoms with E-state index in [0.717, 1.165) is 23.7 Å². The van der Waals surface area contributed by atoms with Crippen LogP contribution in [-0.4, -0.2) is 26.4 Å². The summed E-state index contributed by atoms with van der Waals surface area (Å²) in [6.07, 6.45) is 0.918. The second-order valence-corrected chi connectivity index (χ2v) is 6.52. The molecular formula is C14H16ClFN2O2S. The minimum Gasteiger partial charge on any atom is -0.481 e. The first-order valence-corrected chi connectivity index (χ1v) is 7.94. The van der Waals surface area contributed by atoms with Gasteiger partial charge in [-0.1, -0.05) is 37.2 Å². The second kappa shape index (κ2) is 6.66. The third kappa shape index (κ3) is 3.89. The van der Waals surface area contributed by atoms with Crippen molar-refractivity contribution in [2.75, 3.05) is 5.75 Å². The lowest BCUT2D eigenvalue weighted by Gasteiger charge is -2.10. The maximum atomic E-state index is 13.5. The van der Waals surface area contributed by atoms with Gasteiger partial charge in [0.2, 0.25) is 0 Å². The Kier molecular flexibility index (Phi) is 5.11. The Morgan fingerprint density at radius 3 is 2.86 bits per heavy atom. The molecule has 1 aromatic carbocycles. The van der Waals surface area contributed by atoms with Crippen LogP contribution in [0.5, 0.6) is 0 Å². The van der Waals surface area contributed by atoms with Crippen molar-refractivity contribution in [3.63, 3.8) is 0 Å². The first-order chi connectivity index (χ1) is 9.88. The number of hydrogen-bond acceptors (Lipinski definition) is 3. The molecule has 1 N–H and O–H groups in total. The number of hydrogen-bond donors (Lipinski definition) is 1. The summed E-state index contributed by atoms with van der Waals surface area (Å²) >= 11 is 6.97. The topological polar surface area (TPSA) is 55.1 Å². The summed E-state index contributed by atoms with van der Waals surface area (Å²) in [7, 11) is 0. The Labute approximate surface area is 131 Å². The second-order valence-electron chi connectivity index (χ2n) is 5.17. The number of aliphatic carboxylic acids is 1. The van der Waals surface area contributed by atoms with Crippen molar-refractivity contribution in [1.29, 1.82) is 0 Å². The highest BCUT2D eigenvalue weighted by Crippen LogP contribution is 2.28. The molecule has 0 radical (unpaired) electrons. The predicted molar refractivity (Wildman–Crippen MR) is 82.5 cm³/mol. The van der Waals surface area contributed by atoms with Crippen molar-refractivity contribution in [3.05, 3.63) is 23.0 Å². The fourth-order valence-corrected chi connectivity index (χ4v) is 2.86.